The van der Waals surface area contributed by atoms with Crippen LogP contribution in [0.3, 0.4) is 0 Å². The Labute approximate surface area is 74.6 Å². The molecule has 0 bridgehead atoms. The average molecular weight is 185 g/mol. The third-order valence-corrected chi connectivity index (χ3v) is 1.60. The molecule has 1 rings (SSSR count). The molecule has 0 aliphatic rings. The molecule has 0 spiro atoms. The predicted molar refractivity (Wildman–Crippen MR) is 45.5 cm³/mol. The van der Waals surface area contributed by atoms with E-state index >= 15 is 0 Å². The number of hydrogen-bond acceptors (Lipinski definition) is 2. The number of hydrogen-bond donors (Lipinski definition) is 1. The molecule has 1 N–H and O–H groups in total. The molecule has 2 nitrogen and oxygen atoms in total. The summed E-state index contributed by atoms with van der Waals surface area (Å²) in [6.45, 7) is 0.158. The highest BCUT2D eigenvalue weighted by Crippen LogP contribution is 2.21. The van der Waals surface area contributed by atoms with Gasteiger partial charge >= 0.3 is 0 Å². The molecule has 0 radical (unpaired) electrons. The van der Waals surface area contributed by atoms with E-state index in [-0.39, 0.29) is 17.4 Å². The van der Waals surface area contributed by atoms with Crippen molar-refractivity contribution in [3.8, 4) is 6.07 Å². The first-order valence-electron chi connectivity index (χ1n) is 3.30. The summed E-state index contributed by atoms with van der Waals surface area (Å²) in [4.78, 5) is 0. The van der Waals surface area contributed by atoms with Crippen LogP contribution < -0.4 is 5.32 Å². The molecule has 0 fully saturated rings. The van der Waals surface area contributed by atoms with Crippen LogP contribution in [-0.4, -0.2) is 6.54 Å². The SMILES string of the molecule is N#CCNc1ccc(F)cc1Cl. The van der Waals surface area contributed by atoms with Gasteiger partial charge in [-0.15, -0.1) is 0 Å². The fourth-order valence-corrected chi connectivity index (χ4v) is 1.00. The molecule has 0 aromatic heterocycles. The molecule has 0 atom stereocenters. The predicted octanol–water partition coefficient (Wildman–Crippen LogP) is 2.41. The number of nitrogens with one attached hydrogen (secondary N) is 1. The summed E-state index contributed by atoms with van der Waals surface area (Å²) in [5.41, 5.74) is 0.569. The van der Waals surface area contributed by atoms with Crippen molar-refractivity contribution in [3.63, 3.8) is 0 Å². The number of halogens is 2. The van der Waals surface area contributed by atoms with Gasteiger partial charge in [-0.25, -0.2) is 4.39 Å². The minimum Gasteiger partial charge on any atom is -0.371 e. The first-order valence-corrected chi connectivity index (χ1v) is 3.67. The fourth-order valence-electron chi connectivity index (χ4n) is 0.768. The van der Waals surface area contributed by atoms with Crippen molar-refractivity contribution >= 4 is 17.3 Å². The summed E-state index contributed by atoms with van der Waals surface area (Å²) in [6.07, 6.45) is 0. The van der Waals surface area contributed by atoms with E-state index in [1.165, 1.54) is 18.2 Å². The molecule has 0 unspecified atom stereocenters. The highest BCUT2D eigenvalue weighted by Gasteiger charge is 1.99. The summed E-state index contributed by atoms with van der Waals surface area (Å²) in [5.74, 6) is -0.387. The molecule has 62 valence electrons. The van der Waals surface area contributed by atoms with Crippen LogP contribution in [0, 0.1) is 17.1 Å². The molecule has 0 saturated carbocycles. The summed E-state index contributed by atoms with van der Waals surface area (Å²) < 4.78 is 12.5. The lowest BCUT2D eigenvalue weighted by Gasteiger charge is -2.03. The van der Waals surface area contributed by atoms with Crippen LogP contribution in [0.4, 0.5) is 10.1 Å². The standard InChI is InChI=1S/C8H6ClFN2/c9-7-5-6(10)1-2-8(7)12-4-3-11/h1-2,5,12H,4H2. The van der Waals surface area contributed by atoms with Crippen LogP contribution in [0.2, 0.25) is 5.02 Å². The number of nitrogens with zero attached hydrogens (tertiary/aromatic N) is 1. The zero-order chi connectivity index (χ0) is 8.97. The molecule has 4 heteroatoms. The van der Waals surface area contributed by atoms with E-state index in [0.29, 0.717) is 5.69 Å². The van der Waals surface area contributed by atoms with Gasteiger partial charge in [0, 0.05) is 0 Å². The second-order valence-electron chi connectivity index (χ2n) is 2.14. The Bertz CT molecular complexity index is 319. The third kappa shape index (κ3) is 2.11. The molecular weight excluding hydrogens is 179 g/mol. The van der Waals surface area contributed by atoms with E-state index < -0.39 is 0 Å². The quantitative estimate of drug-likeness (QED) is 0.717. The van der Waals surface area contributed by atoms with Gasteiger partial charge in [0.1, 0.15) is 12.4 Å². The molecular formula is C8H6ClFN2. The first-order chi connectivity index (χ1) is 5.74. The Morgan fingerprint density at radius 3 is 2.92 bits per heavy atom. The van der Waals surface area contributed by atoms with E-state index in [2.05, 4.69) is 5.32 Å². The van der Waals surface area contributed by atoms with Gasteiger partial charge in [-0.1, -0.05) is 11.6 Å². The van der Waals surface area contributed by atoms with Crippen molar-refractivity contribution in [2.45, 2.75) is 0 Å². The number of benzene rings is 1. The van der Waals surface area contributed by atoms with Gasteiger partial charge in [0.25, 0.3) is 0 Å². The van der Waals surface area contributed by atoms with Crippen molar-refractivity contribution in [3.05, 3.63) is 29.0 Å². The molecule has 0 saturated heterocycles. The highest BCUT2D eigenvalue weighted by molar-refractivity contribution is 6.33. The maximum atomic E-state index is 12.5. The number of nitriles is 1. The van der Waals surface area contributed by atoms with Crippen molar-refractivity contribution in [1.82, 2.24) is 0 Å². The van der Waals surface area contributed by atoms with Crippen LogP contribution in [0.25, 0.3) is 0 Å². The summed E-state index contributed by atoms with van der Waals surface area (Å²) in [7, 11) is 0. The summed E-state index contributed by atoms with van der Waals surface area (Å²) in [6, 6.07) is 5.87. The van der Waals surface area contributed by atoms with Gasteiger partial charge in [0.15, 0.2) is 0 Å². The maximum absolute atomic E-state index is 12.5. The second-order valence-corrected chi connectivity index (χ2v) is 2.54. The zero-order valence-electron chi connectivity index (χ0n) is 6.14. The number of anilines is 1. The van der Waals surface area contributed by atoms with E-state index in [0.717, 1.165) is 0 Å². The van der Waals surface area contributed by atoms with Crippen molar-refractivity contribution in [2.75, 3.05) is 11.9 Å². The molecule has 0 heterocycles. The van der Waals surface area contributed by atoms with E-state index in [9.17, 15) is 4.39 Å². The van der Waals surface area contributed by atoms with Gasteiger partial charge in [-0.3, -0.25) is 0 Å². The molecule has 1 aromatic rings. The van der Waals surface area contributed by atoms with Crippen LogP contribution in [0.15, 0.2) is 18.2 Å². The van der Waals surface area contributed by atoms with Crippen molar-refractivity contribution in [1.29, 1.82) is 5.26 Å². The lowest BCUT2D eigenvalue weighted by Crippen LogP contribution is -1.98. The second kappa shape index (κ2) is 3.93. The third-order valence-electron chi connectivity index (χ3n) is 1.29. The Morgan fingerprint density at radius 1 is 1.58 bits per heavy atom. The average Bonchev–Trinajstić information content (AvgIpc) is 2.03. The monoisotopic (exact) mass is 184 g/mol. The number of rotatable bonds is 2. The Balaban J connectivity index is 2.81. The summed E-state index contributed by atoms with van der Waals surface area (Å²) in [5, 5.41) is 11.3. The fraction of sp³-hybridized carbons (Fsp3) is 0.125. The Morgan fingerprint density at radius 2 is 2.33 bits per heavy atom. The van der Waals surface area contributed by atoms with Gasteiger partial charge in [0.2, 0.25) is 0 Å². The molecule has 0 amide bonds. The zero-order valence-corrected chi connectivity index (χ0v) is 6.90. The van der Waals surface area contributed by atoms with E-state index in [1.54, 1.807) is 0 Å². The largest absolute Gasteiger partial charge is 0.371 e. The minimum atomic E-state index is -0.387. The van der Waals surface area contributed by atoms with E-state index in [4.69, 9.17) is 16.9 Å². The van der Waals surface area contributed by atoms with Crippen molar-refractivity contribution < 1.29 is 4.39 Å². The van der Waals surface area contributed by atoms with Crippen LogP contribution >= 0.6 is 11.6 Å². The summed E-state index contributed by atoms with van der Waals surface area (Å²) >= 11 is 5.65. The lowest BCUT2D eigenvalue weighted by molar-refractivity contribution is 0.628. The van der Waals surface area contributed by atoms with Crippen LogP contribution in [0.5, 0.6) is 0 Å². The van der Waals surface area contributed by atoms with Crippen molar-refractivity contribution in [2.24, 2.45) is 0 Å². The molecule has 1 aromatic carbocycles. The van der Waals surface area contributed by atoms with Gasteiger partial charge in [-0.05, 0) is 18.2 Å². The first kappa shape index (κ1) is 8.82. The minimum absolute atomic E-state index is 0.158. The molecule has 0 aliphatic heterocycles. The smallest absolute Gasteiger partial charge is 0.124 e. The highest BCUT2D eigenvalue weighted by atomic mass is 35.5. The van der Waals surface area contributed by atoms with Gasteiger partial charge in [-0.2, -0.15) is 5.26 Å². The van der Waals surface area contributed by atoms with Gasteiger partial charge < -0.3 is 5.32 Å². The lowest BCUT2D eigenvalue weighted by atomic mass is 10.3. The van der Waals surface area contributed by atoms with E-state index in [1.807, 2.05) is 6.07 Å². The van der Waals surface area contributed by atoms with Gasteiger partial charge in [0.05, 0.1) is 16.8 Å². The maximum Gasteiger partial charge on any atom is 0.124 e. The molecule has 12 heavy (non-hydrogen) atoms. The van der Waals surface area contributed by atoms with Crippen LogP contribution in [0.1, 0.15) is 0 Å². The molecule has 0 aliphatic carbocycles. The van der Waals surface area contributed by atoms with Crippen LogP contribution in [-0.2, 0) is 0 Å². The Hall–Kier alpha value is -1.27. The normalized spacial score (nSPS) is 9.08. The topological polar surface area (TPSA) is 35.8 Å². The Kier molecular flexibility index (Phi) is 2.89.